The number of carbonyl (C=O) groups excluding carboxylic acids is 4. The summed E-state index contributed by atoms with van der Waals surface area (Å²) in [5, 5.41) is 2.62. The van der Waals surface area contributed by atoms with Crippen LogP contribution >= 0.6 is 0 Å². The summed E-state index contributed by atoms with van der Waals surface area (Å²) in [6.07, 6.45) is -1.18. The maximum atomic E-state index is 13.6. The van der Waals surface area contributed by atoms with Gasteiger partial charge in [-0.05, 0) is 55.5 Å². The van der Waals surface area contributed by atoms with Crippen molar-refractivity contribution in [3.05, 3.63) is 59.1 Å². The van der Waals surface area contributed by atoms with Gasteiger partial charge in [0.2, 0.25) is 5.91 Å². The zero-order chi connectivity index (χ0) is 30.1. The number of rotatable bonds is 8. The fourth-order valence-corrected chi connectivity index (χ4v) is 5.42. The summed E-state index contributed by atoms with van der Waals surface area (Å²) in [5.41, 5.74) is -0.271. The first-order valence-electron chi connectivity index (χ1n) is 13.3. The second-order valence-corrected chi connectivity index (χ2v) is 10.6. The van der Waals surface area contributed by atoms with Crippen LogP contribution in [0.25, 0.3) is 0 Å². The van der Waals surface area contributed by atoms with E-state index in [2.05, 4.69) is 5.32 Å². The topological polar surface area (TPSA) is 99.3 Å². The molecule has 3 atom stereocenters. The Morgan fingerprint density at radius 1 is 1.20 bits per heavy atom. The van der Waals surface area contributed by atoms with E-state index in [1.807, 2.05) is 6.92 Å². The lowest BCUT2D eigenvalue weighted by Crippen LogP contribution is -2.50. The SMILES string of the molecule is CCCN(C)C(=O)NC1=CC=C2C(CC[C@]23CN(CC(=O)N(Cc2ccc(F)cc2)[C@@H](C)C(F)(F)F)C(=O)O3)C1=O. The number of hydrogen-bond donors (Lipinski definition) is 1. The lowest BCUT2D eigenvalue weighted by atomic mass is 9.85. The van der Waals surface area contributed by atoms with Crippen molar-refractivity contribution in [3.8, 4) is 0 Å². The van der Waals surface area contributed by atoms with Crippen LogP contribution in [0.1, 0.15) is 38.7 Å². The Balaban J connectivity index is 1.50. The van der Waals surface area contributed by atoms with E-state index in [4.69, 9.17) is 4.74 Å². The fourth-order valence-electron chi connectivity index (χ4n) is 5.42. The molecule has 1 N–H and O–H groups in total. The average Bonchev–Trinajstić information content (AvgIpc) is 3.42. The summed E-state index contributed by atoms with van der Waals surface area (Å²) in [6, 6.07) is 2.15. The van der Waals surface area contributed by atoms with Gasteiger partial charge < -0.3 is 19.9 Å². The molecule has 0 aromatic heterocycles. The Kier molecular flexibility index (Phi) is 8.46. The molecule has 3 aliphatic rings. The van der Waals surface area contributed by atoms with Crippen LogP contribution < -0.4 is 5.32 Å². The highest BCUT2D eigenvalue weighted by Crippen LogP contribution is 2.48. The number of urea groups is 1. The molecule has 2 aliphatic carbocycles. The minimum atomic E-state index is -4.74. The van der Waals surface area contributed by atoms with Crippen LogP contribution in [0.2, 0.25) is 0 Å². The zero-order valence-electron chi connectivity index (χ0n) is 23.0. The third-order valence-electron chi connectivity index (χ3n) is 7.74. The fraction of sp³-hybridized carbons (Fsp3) is 0.500. The van der Waals surface area contributed by atoms with Crippen molar-refractivity contribution in [2.24, 2.45) is 5.92 Å². The number of ketones is 1. The van der Waals surface area contributed by atoms with Gasteiger partial charge in [-0.15, -0.1) is 0 Å². The summed E-state index contributed by atoms with van der Waals surface area (Å²) < 4.78 is 59.9. The largest absolute Gasteiger partial charge is 0.436 e. The number of halogens is 4. The van der Waals surface area contributed by atoms with E-state index in [1.54, 1.807) is 13.1 Å². The minimum Gasteiger partial charge on any atom is -0.436 e. The van der Waals surface area contributed by atoms with E-state index in [0.29, 0.717) is 23.4 Å². The van der Waals surface area contributed by atoms with Crippen LogP contribution in [0.4, 0.5) is 27.2 Å². The monoisotopic (exact) mass is 580 g/mol. The van der Waals surface area contributed by atoms with Crippen molar-refractivity contribution < 1.29 is 41.5 Å². The van der Waals surface area contributed by atoms with Gasteiger partial charge in [-0.25, -0.2) is 14.0 Å². The van der Waals surface area contributed by atoms with Crippen molar-refractivity contribution in [1.82, 2.24) is 20.0 Å². The van der Waals surface area contributed by atoms with Gasteiger partial charge in [-0.1, -0.05) is 25.1 Å². The number of fused-ring (bicyclic) bond motifs is 2. The van der Waals surface area contributed by atoms with Gasteiger partial charge in [0, 0.05) is 26.1 Å². The Labute approximate surface area is 234 Å². The molecule has 4 rings (SSSR count). The van der Waals surface area contributed by atoms with Crippen molar-refractivity contribution >= 4 is 23.8 Å². The van der Waals surface area contributed by atoms with Gasteiger partial charge in [-0.2, -0.15) is 13.2 Å². The molecule has 1 aromatic rings. The Morgan fingerprint density at radius 3 is 2.51 bits per heavy atom. The van der Waals surface area contributed by atoms with Crippen LogP contribution in [0.15, 0.2) is 47.7 Å². The highest BCUT2D eigenvalue weighted by molar-refractivity contribution is 6.03. The van der Waals surface area contributed by atoms with E-state index < -0.39 is 60.7 Å². The number of allylic oxidation sites excluding steroid dienone is 3. The molecule has 1 aliphatic heterocycles. The maximum absolute atomic E-state index is 13.6. The van der Waals surface area contributed by atoms with Gasteiger partial charge in [0.1, 0.15) is 18.4 Å². The number of hydrogen-bond acceptors (Lipinski definition) is 5. The smallest absolute Gasteiger partial charge is 0.411 e. The van der Waals surface area contributed by atoms with E-state index >= 15 is 0 Å². The standard InChI is InChI=1S/C28H32F4N4O5/c1-4-13-34(3)25(39)33-22-10-9-21-20(24(22)38)11-12-27(21)16-35(26(40)41-27)15-23(37)36(17(2)28(30,31)32)14-18-5-7-19(29)8-6-18/h5-10,17,20H,4,11-16H2,1-3H3,(H,33,39)/t17-,20?,27-/m0/s1. The van der Waals surface area contributed by atoms with Crippen LogP contribution in [-0.4, -0.2) is 83.0 Å². The summed E-state index contributed by atoms with van der Waals surface area (Å²) in [7, 11) is 1.61. The first-order valence-corrected chi connectivity index (χ1v) is 13.3. The molecule has 9 nitrogen and oxygen atoms in total. The molecule has 1 unspecified atom stereocenters. The van der Waals surface area contributed by atoms with Gasteiger partial charge in [-0.3, -0.25) is 14.5 Å². The molecule has 1 heterocycles. The van der Waals surface area contributed by atoms with Gasteiger partial charge >= 0.3 is 18.3 Å². The molecule has 1 aromatic carbocycles. The predicted molar refractivity (Wildman–Crippen MR) is 139 cm³/mol. The van der Waals surface area contributed by atoms with E-state index in [9.17, 15) is 36.7 Å². The van der Waals surface area contributed by atoms with Crippen LogP contribution in [0, 0.1) is 11.7 Å². The highest BCUT2D eigenvalue weighted by Gasteiger charge is 2.56. The average molecular weight is 581 g/mol. The summed E-state index contributed by atoms with van der Waals surface area (Å²) in [5.74, 6) is -2.50. The number of alkyl halides is 3. The van der Waals surface area contributed by atoms with Crippen LogP contribution in [-0.2, 0) is 20.9 Å². The molecule has 13 heteroatoms. The van der Waals surface area contributed by atoms with E-state index in [-0.39, 0.29) is 30.0 Å². The number of Topliss-reactive ketones (excluding diaryl/α,β-unsaturated/α-hetero) is 1. The molecule has 1 saturated carbocycles. The van der Waals surface area contributed by atoms with Crippen molar-refractivity contribution in [3.63, 3.8) is 0 Å². The predicted octanol–water partition coefficient (Wildman–Crippen LogP) is 4.15. The molecule has 41 heavy (non-hydrogen) atoms. The van der Waals surface area contributed by atoms with Crippen LogP contribution in [0.3, 0.4) is 0 Å². The highest BCUT2D eigenvalue weighted by atomic mass is 19.4. The summed E-state index contributed by atoms with van der Waals surface area (Å²) in [6.45, 7) is 2.04. The van der Waals surface area contributed by atoms with Gasteiger partial charge in [0.15, 0.2) is 11.4 Å². The van der Waals surface area contributed by atoms with Crippen LogP contribution in [0.5, 0.6) is 0 Å². The molecule has 0 bridgehead atoms. The quantitative estimate of drug-likeness (QED) is 0.466. The molecular weight excluding hydrogens is 548 g/mol. The van der Waals surface area contributed by atoms with E-state index in [1.165, 1.54) is 23.1 Å². The third-order valence-corrected chi connectivity index (χ3v) is 7.74. The van der Waals surface area contributed by atoms with Gasteiger partial charge in [0.05, 0.1) is 12.2 Å². The number of benzene rings is 1. The number of nitrogens with zero attached hydrogens (tertiary/aromatic N) is 3. The molecule has 4 amide bonds. The molecular formula is C28H32F4N4O5. The second-order valence-electron chi connectivity index (χ2n) is 10.6. The first-order chi connectivity index (χ1) is 19.3. The molecule has 2 fully saturated rings. The Morgan fingerprint density at radius 2 is 1.88 bits per heavy atom. The Hall–Kier alpha value is -3.90. The van der Waals surface area contributed by atoms with Crippen molar-refractivity contribution in [2.75, 3.05) is 26.7 Å². The van der Waals surface area contributed by atoms with Gasteiger partial charge in [0.25, 0.3) is 0 Å². The lowest BCUT2D eigenvalue weighted by molar-refractivity contribution is -0.187. The lowest BCUT2D eigenvalue weighted by Gasteiger charge is -2.32. The number of carbonyl (C=O) groups is 4. The maximum Gasteiger partial charge on any atom is 0.411 e. The van der Waals surface area contributed by atoms with Crippen molar-refractivity contribution in [2.45, 2.75) is 57.5 Å². The third kappa shape index (κ3) is 6.23. The van der Waals surface area contributed by atoms with Crippen molar-refractivity contribution in [1.29, 1.82) is 0 Å². The number of nitrogens with one attached hydrogen (secondary N) is 1. The summed E-state index contributed by atoms with van der Waals surface area (Å²) >= 11 is 0. The molecule has 1 saturated heterocycles. The first kappa shape index (κ1) is 30.1. The molecule has 222 valence electrons. The summed E-state index contributed by atoms with van der Waals surface area (Å²) in [4.78, 5) is 54.6. The normalized spacial score (nSPS) is 22.6. The molecule has 0 radical (unpaired) electrons. The minimum absolute atomic E-state index is 0.118. The second kappa shape index (κ2) is 11.5. The molecule has 1 spiro atoms. The zero-order valence-corrected chi connectivity index (χ0v) is 23.0. The number of amides is 4. The van der Waals surface area contributed by atoms with E-state index in [0.717, 1.165) is 30.4 Å². The number of ether oxygens (including phenoxy) is 1. The Bertz CT molecular complexity index is 1280.